The van der Waals surface area contributed by atoms with E-state index in [1.54, 1.807) is 23.5 Å². The summed E-state index contributed by atoms with van der Waals surface area (Å²) in [6.45, 7) is 4.13. The zero-order chi connectivity index (χ0) is 16.5. The number of hydrogen-bond donors (Lipinski definition) is 0. The van der Waals surface area contributed by atoms with Gasteiger partial charge >= 0.3 is 0 Å². The van der Waals surface area contributed by atoms with Crippen molar-refractivity contribution in [3.63, 3.8) is 0 Å². The standard InChI is InChI=1S/C17H25NO4S/c1-14-6-3-4-7-15(14)23(19,20)18-10-8-16-17(12-18,13-21-2)9-5-11-22-16/h3-4,6-7,16H,5,8-13H2,1-2H3. The molecule has 3 rings (SSSR count). The molecule has 2 atom stereocenters. The fourth-order valence-electron chi connectivity index (χ4n) is 3.94. The van der Waals surface area contributed by atoms with Gasteiger partial charge < -0.3 is 9.47 Å². The highest BCUT2D eigenvalue weighted by Gasteiger charge is 2.48. The lowest BCUT2D eigenvalue weighted by molar-refractivity contribution is -0.137. The van der Waals surface area contributed by atoms with Crippen molar-refractivity contribution in [2.75, 3.05) is 33.4 Å². The summed E-state index contributed by atoms with van der Waals surface area (Å²) in [5, 5.41) is 0. The first-order chi connectivity index (χ1) is 11.0. The van der Waals surface area contributed by atoms with Crippen LogP contribution in [0.5, 0.6) is 0 Å². The highest BCUT2D eigenvalue weighted by molar-refractivity contribution is 7.89. The second-order valence-corrected chi connectivity index (χ2v) is 8.56. The van der Waals surface area contributed by atoms with Gasteiger partial charge in [-0.3, -0.25) is 0 Å². The third-order valence-corrected chi connectivity index (χ3v) is 7.10. The van der Waals surface area contributed by atoms with Gasteiger partial charge in [-0.2, -0.15) is 4.31 Å². The Bertz CT molecular complexity index is 656. The number of sulfonamides is 1. The number of ether oxygens (including phenoxy) is 2. The van der Waals surface area contributed by atoms with Crippen molar-refractivity contribution in [1.82, 2.24) is 4.31 Å². The van der Waals surface area contributed by atoms with Gasteiger partial charge in [0.25, 0.3) is 0 Å². The highest BCUT2D eigenvalue weighted by Crippen LogP contribution is 2.41. The lowest BCUT2D eigenvalue weighted by Gasteiger charge is -2.49. The summed E-state index contributed by atoms with van der Waals surface area (Å²) in [4.78, 5) is 0.405. The van der Waals surface area contributed by atoms with Crippen LogP contribution < -0.4 is 0 Å². The topological polar surface area (TPSA) is 55.8 Å². The van der Waals surface area contributed by atoms with Crippen LogP contribution >= 0.6 is 0 Å². The Labute approximate surface area is 138 Å². The van der Waals surface area contributed by atoms with E-state index in [-0.39, 0.29) is 11.5 Å². The summed E-state index contributed by atoms with van der Waals surface area (Å²) in [6, 6.07) is 7.18. The molecule has 0 amide bonds. The minimum atomic E-state index is -3.48. The van der Waals surface area contributed by atoms with Crippen LogP contribution in [0.2, 0.25) is 0 Å². The first kappa shape index (κ1) is 16.9. The summed E-state index contributed by atoms with van der Waals surface area (Å²) < 4.78 is 39.1. The normalized spacial score (nSPS) is 29.2. The molecule has 0 saturated carbocycles. The number of aryl methyl sites for hydroxylation is 1. The average molecular weight is 339 g/mol. The second kappa shape index (κ2) is 6.51. The molecule has 0 aliphatic carbocycles. The lowest BCUT2D eigenvalue weighted by atomic mass is 9.73. The first-order valence-corrected chi connectivity index (χ1v) is 9.60. The Morgan fingerprint density at radius 2 is 2.17 bits per heavy atom. The summed E-state index contributed by atoms with van der Waals surface area (Å²) in [5.41, 5.74) is 0.566. The monoisotopic (exact) mass is 339 g/mol. The van der Waals surface area contributed by atoms with E-state index >= 15 is 0 Å². The number of piperidine rings is 1. The second-order valence-electron chi connectivity index (χ2n) is 6.65. The first-order valence-electron chi connectivity index (χ1n) is 8.16. The number of methoxy groups -OCH3 is 1. The van der Waals surface area contributed by atoms with E-state index in [1.807, 2.05) is 19.1 Å². The molecule has 0 N–H and O–H groups in total. The number of fused-ring (bicyclic) bond motifs is 1. The molecule has 0 aromatic heterocycles. The van der Waals surface area contributed by atoms with E-state index in [9.17, 15) is 8.42 Å². The molecule has 0 spiro atoms. The zero-order valence-electron chi connectivity index (χ0n) is 13.8. The minimum absolute atomic E-state index is 0.0968. The Morgan fingerprint density at radius 1 is 1.39 bits per heavy atom. The van der Waals surface area contributed by atoms with Crippen LogP contribution in [0.15, 0.2) is 29.2 Å². The van der Waals surface area contributed by atoms with E-state index in [2.05, 4.69) is 0 Å². The van der Waals surface area contributed by atoms with Crippen molar-refractivity contribution in [1.29, 1.82) is 0 Å². The maximum absolute atomic E-state index is 13.1. The molecule has 2 saturated heterocycles. The van der Waals surface area contributed by atoms with Gasteiger partial charge in [-0.25, -0.2) is 8.42 Å². The van der Waals surface area contributed by atoms with Crippen LogP contribution in [0.3, 0.4) is 0 Å². The van der Waals surface area contributed by atoms with Gasteiger partial charge in [0.05, 0.1) is 17.6 Å². The molecular formula is C17H25NO4S. The van der Waals surface area contributed by atoms with Crippen molar-refractivity contribution in [3.05, 3.63) is 29.8 Å². The SMILES string of the molecule is COCC12CCCOC1CCN(S(=O)(=O)c1ccccc1C)C2. The van der Waals surface area contributed by atoms with Gasteiger partial charge in [-0.1, -0.05) is 18.2 Å². The summed E-state index contributed by atoms with van der Waals surface area (Å²) in [7, 11) is -1.80. The van der Waals surface area contributed by atoms with Gasteiger partial charge in [0.15, 0.2) is 0 Å². The Balaban J connectivity index is 1.91. The van der Waals surface area contributed by atoms with Crippen LogP contribution in [0, 0.1) is 12.3 Å². The third kappa shape index (κ3) is 3.05. The fourth-order valence-corrected chi connectivity index (χ4v) is 5.71. The summed E-state index contributed by atoms with van der Waals surface area (Å²) >= 11 is 0. The molecule has 2 unspecified atom stereocenters. The van der Waals surface area contributed by atoms with Gasteiger partial charge in [-0.15, -0.1) is 0 Å². The number of benzene rings is 1. The van der Waals surface area contributed by atoms with E-state index in [1.165, 1.54) is 0 Å². The predicted molar refractivity (Wildman–Crippen MR) is 87.8 cm³/mol. The summed E-state index contributed by atoms with van der Waals surface area (Å²) in [5.74, 6) is 0. The molecule has 1 aromatic rings. The molecule has 0 radical (unpaired) electrons. The van der Waals surface area contributed by atoms with Crippen LogP contribution in [-0.2, 0) is 19.5 Å². The Kier molecular flexibility index (Phi) is 4.78. The van der Waals surface area contributed by atoms with E-state index < -0.39 is 10.0 Å². The quantitative estimate of drug-likeness (QED) is 0.844. The number of rotatable bonds is 4. The third-order valence-electron chi connectivity index (χ3n) is 5.10. The molecule has 2 fully saturated rings. The highest BCUT2D eigenvalue weighted by atomic mass is 32.2. The van der Waals surface area contributed by atoms with Crippen molar-refractivity contribution in [2.45, 2.75) is 37.2 Å². The lowest BCUT2D eigenvalue weighted by Crippen LogP contribution is -2.57. The molecule has 6 heteroatoms. The Morgan fingerprint density at radius 3 is 2.91 bits per heavy atom. The number of nitrogens with zero attached hydrogens (tertiary/aromatic N) is 1. The average Bonchev–Trinajstić information content (AvgIpc) is 2.54. The van der Waals surface area contributed by atoms with Crippen molar-refractivity contribution in [3.8, 4) is 0 Å². The van der Waals surface area contributed by atoms with Gasteiger partial charge in [0.1, 0.15) is 0 Å². The molecule has 5 nitrogen and oxygen atoms in total. The van der Waals surface area contributed by atoms with Gasteiger partial charge in [0, 0.05) is 32.2 Å². The van der Waals surface area contributed by atoms with Gasteiger partial charge in [0.2, 0.25) is 10.0 Å². The van der Waals surface area contributed by atoms with Crippen LogP contribution in [0.25, 0.3) is 0 Å². The Hall–Kier alpha value is -0.950. The van der Waals surface area contributed by atoms with Crippen LogP contribution in [-0.4, -0.2) is 52.2 Å². The molecule has 128 valence electrons. The van der Waals surface area contributed by atoms with Crippen molar-refractivity contribution >= 4 is 10.0 Å². The largest absolute Gasteiger partial charge is 0.384 e. The van der Waals surface area contributed by atoms with Crippen LogP contribution in [0.4, 0.5) is 0 Å². The predicted octanol–water partition coefficient (Wildman–Crippen LogP) is 2.20. The van der Waals surface area contributed by atoms with E-state index in [4.69, 9.17) is 9.47 Å². The maximum atomic E-state index is 13.1. The molecule has 1 aromatic carbocycles. The summed E-state index contributed by atoms with van der Waals surface area (Å²) in [6.07, 6.45) is 2.73. The molecule has 0 bridgehead atoms. The molecule has 2 heterocycles. The molecule has 2 aliphatic heterocycles. The molecule has 2 aliphatic rings. The minimum Gasteiger partial charge on any atom is -0.384 e. The number of hydrogen-bond acceptors (Lipinski definition) is 4. The van der Waals surface area contributed by atoms with Gasteiger partial charge in [-0.05, 0) is 37.8 Å². The van der Waals surface area contributed by atoms with Crippen molar-refractivity contribution in [2.24, 2.45) is 5.41 Å². The smallest absolute Gasteiger partial charge is 0.243 e. The zero-order valence-corrected chi connectivity index (χ0v) is 14.6. The fraction of sp³-hybridized carbons (Fsp3) is 0.647. The molecular weight excluding hydrogens is 314 g/mol. The van der Waals surface area contributed by atoms with E-state index in [0.717, 1.165) is 31.4 Å². The van der Waals surface area contributed by atoms with Crippen LogP contribution in [0.1, 0.15) is 24.8 Å². The van der Waals surface area contributed by atoms with Crippen molar-refractivity contribution < 1.29 is 17.9 Å². The molecule has 23 heavy (non-hydrogen) atoms. The maximum Gasteiger partial charge on any atom is 0.243 e. The van der Waals surface area contributed by atoms with E-state index in [0.29, 0.717) is 24.6 Å².